The molecule has 1 amide bonds. The molecule has 4 heteroatoms. The van der Waals surface area contributed by atoms with Gasteiger partial charge in [0, 0.05) is 6.04 Å². The summed E-state index contributed by atoms with van der Waals surface area (Å²) >= 11 is 0. The smallest absolute Gasteiger partial charge is 0.404 e. The van der Waals surface area contributed by atoms with E-state index < -0.39 is 6.09 Å². The molecular weight excluding hydrogens is 156 g/mol. The predicted molar refractivity (Wildman–Crippen MR) is 45.8 cm³/mol. The zero-order chi connectivity index (χ0) is 8.97. The SMILES string of the molecule is CNC1CCC(OC(N)=O)CC1. The van der Waals surface area contributed by atoms with Gasteiger partial charge in [-0.1, -0.05) is 0 Å². The van der Waals surface area contributed by atoms with Crippen LogP contribution in [0.15, 0.2) is 0 Å². The Bertz CT molecular complexity index is 153. The Morgan fingerprint density at radius 3 is 2.42 bits per heavy atom. The van der Waals surface area contributed by atoms with E-state index in [9.17, 15) is 4.79 Å². The third-order valence-corrected chi connectivity index (χ3v) is 2.37. The Hall–Kier alpha value is -0.770. The molecule has 0 aromatic rings. The predicted octanol–water partition coefficient (Wildman–Crippen LogP) is 0.612. The summed E-state index contributed by atoms with van der Waals surface area (Å²) in [7, 11) is 1.96. The number of carbonyl (C=O) groups is 1. The molecule has 0 spiro atoms. The Morgan fingerprint density at radius 2 is 2.00 bits per heavy atom. The van der Waals surface area contributed by atoms with Crippen molar-refractivity contribution in [1.82, 2.24) is 5.32 Å². The lowest BCUT2D eigenvalue weighted by Gasteiger charge is -2.27. The van der Waals surface area contributed by atoms with Gasteiger partial charge in [0.25, 0.3) is 0 Å². The number of primary amides is 1. The summed E-state index contributed by atoms with van der Waals surface area (Å²) in [6, 6.07) is 0.581. The van der Waals surface area contributed by atoms with Gasteiger partial charge in [0.05, 0.1) is 0 Å². The summed E-state index contributed by atoms with van der Waals surface area (Å²) in [4.78, 5) is 10.4. The maximum absolute atomic E-state index is 10.4. The van der Waals surface area contributed by atoms with Crippen molar-refractivity contribution in [2.45, 2.75) is 37.8 Å². The second kappa shape index (κ2) is 4.30. The number of carbonyl (C=O) groups excluding carboxylic acids is 1. The lowest BCUT2D eigenvalue weighted by Crippen LogP contribution is -2.34. The quantitative estimate of drug-likeness (QED) is 0.641. The molecule has 1 fully saturated rings. The Balaban J connectivity index is 2.21. The van der Waals surface area contributed by atoms with Gasteiger partial charge in [-0.25, -0.2) is 4.79 Å². The van der Waals surface area contributed by atoms with Crippen LogP contribution in [-0.4, -0.2) is 25.3 Å². The lowest BCUT2D eigenvalue weighted by molar-refractivity contribution is 0.0766. The second-order valence-electron chi connectivity index (χ2n) is 3.20. The summed E-state index contributed by atoms with van der Waals surface area (Å²) in [6.45, 7) is 0. The molecule has 12 heavy (non-hydrogen) atoms. The fourth-order valence-corrected chi connectivity index (χ4v) is 1.63. The van der Waals surface area contributed by atoms with Crippen molar-refractivity contribution in [3.8, 4) is 0 Å². The van der Waals surface area contributed by atoms with Crippen molar-refractivity contribution in [3.05, 3.63) is 0 Å². The van der Waals surface area contributed by atoms with E-state index in [0.29, 0.717) is 6.04 Å². The fraction of sp³-hybridized carbons (Fsp3) is 0.875. The zero-order valence-electron chi connectivity index (χ0n) is 7.38. The van der Waals surface area contributed by atoms with Crippen molar-refractivity contribution in [1.29, 1.82) is 0 Å². The zero-order valence-corrected chi connectivity index (χ0v) is 7.38. The third-order valence-electron chi connectivity index (χ3n) is 2.37. The van der Waals surface area contributed by atoms with Gasteiger partial charge in [-0.15, -0.1) is 0 Å². The molecule has 0 bridgehead atoms. The average molecular weight is 172 g/mol. The van der Waals surface area contributed by atoms with Crippen molar-refractivity contribution in [2.24, 2.45) is 5.73 Å². The van der Waals surface area contributed by atoms with Crippen LogP contribution < -0.4 is 11.1 Å². The van der Waals surface area contributed by atoms with Crippen molar-refractivity contribution < 1.29 is 9.53 Å². The Kier molecular flexibility index (Phi) is 3.34. The molecule has 1 rings (SSSR count). The van der Waals surface area contributed by atoms with E-state index in [-0.39, 0.29) is 6.10 Å². The summed E-state index contributed by atoms with van der Waals surface area (Å²) in [6.07, 6.45) is 3.38. The van der Waals surface area contributed by atoms with Crippen LogP contribution in [0.25, 0.3) is 0 Å². The van der Waals surface area contributed by atoms with E-state index in [1.807, 2.05) is 7.05 Å². The summed E-state index contributed by atoms with van der Waals surface area (Å²) < 4.78 is 4.90. The largest absolute Gasteiger partial charge is 0.446 e. The normalized spacial score (nSPS) is 29.8. The molecule has 0 atom stereocenters. The minimum atomic E-state index is -0.650. The Morgan fingerprint density at radius 1 is 1.42 bits per heavy atom. The van der Waals surface area contributed by atoms with Crippen LogP contribution in [0.3, 0.4) is 0 Å². The van der Waals surface area contributed by atoms with Gasteiger partial charge >= 0.3 is 6.09 Å². The minimum absolute atomic E-state index is 0.0482. The van der Waals surface area contributed by atoms with Crippen LogP contribution in [0.1, 0.15) is 25.7 Å². The van der Waals surface area contributed by atoms with Crippen molar-refractivity contribution in [2.75, 3.05) is 7.05 Å². The van der Waals surface area contributed by atoms with Gasteiger partial charge in [0.1, 0.15) is 6.10 Å². The molecule has 1 aliphatic rings. The van der Waals surface area contributed by atoms with E-state index in [2.05, 4.69) is 5.32 Å². The molecule has 0 aliphatic heterocycles. The molecule has 0 unspecified atom stereocenters. The standard InChI is InChI=1S/C8H16N2O2/c1-10-6-2-4-7(5-3-6)12-8(9)11/h6-7,10H,2-5H2,1H3,(H2,9,11). The molecule has 0 heterocycles. The van der Waals surface area contributed by atoms with Crippen LogP contribution in [0, 0.1) is 0 Å². The van der Waals surface area contributed by atoms with E-state index in [4.69, 9.17) is 10.5 Å². The molecule has 0 aromatic carbocycles. The van der Waals surface area contributed by atoms with Crippen LogP contribution in [0.2, 0.25) is 0 Å². The highest BCUT2D eigenvalue weighted by atomic mass is 16.6. The molecule has 0 radical (unpaired) electrons. The third kappa shape index (κ3) is 2.70. The van der Waals surface area contributed by atoms with Crippen molar-refractivity contribution >= 4 is 6.09 Å². The topological polar surface area (TPSA) is 64.3 Å². The summed E-state index contributed by atoms with van der Waals surface area (Å²) in [5, 5.41) is 3.21. The monoisotopic (exact) mass is 172 g/mol. The number of nitrogens with one attached hydrogen (secondary N) is 1. The van der Waals surface area contributed by atoms with Gasteiger partial charge in [-0.2, -0.15) is 0 Å². The number of amides is 1. The van der Waals surface area contributed by atoms with Gasteiger partial charge in [-0.05, 0) is 32.7 Å². The highest BCUT2D eigenvalue weighted by Crippen LogP contribution is 2.20. The van der Waals surface area contributed by atoms with Crippen molar-refractivity contribution in [3.63, 3.8) is 0 Å². The molecule has 1 saturated carbocycles. The average Bonchev–Trinajstić information content (AvgIpc) is 2.05. The number of ether oxygens (including phenoxy) is 1. The highest BCUT2D eigenvalue weighted by Gasteiger charge is 2.21. The number of hydrogen-bond donors (Lipinski definition) is 2. The first kappa shape index (κ1) is 9.32. The molecule has 3 N–H and O–H groups in total. The van der Waals surface area contributed by atoms with E-state index in [1.165, 1.54) is 0 Å². The van der Waals surface area contributed by atoms with Crippen LogP contribution in [-0.2, 0) is 4.74 Å². The maximum Gasteiger partial charge on any atom is 0.404 e. The summed E-state index contributed by atoms with van der Waals surface area (Å²) in [5.41, 5.74) is 4.91. The number of hydrogen-bond acceptors (Lipinski definition) is 3. The van der Waals surface area contributed by atoms with Gasteiger partial charge in [-0.3, -0.25) is 0 Å². The fourth-order valence-electron chi connectivity index (χ4n) is 1.63. The molecule has 0 aromatic heterocycles. The van der Waals surface area contributed by atoms with Crippen LogP contribution in [0.4, 0.5) is 4.79 Å². The first-order valence-corrected chi connectivity index (χ1v) is 4.35. The second-order valence-corrected chi connectivity index (χ2v) is 3.20. The first-order valence-electron chi connectivity index (χ1n) is 4.35. The van der Waals surface area contributed by atoms with Gasteiger partial charge in [0.15, 0.2) is 0 Å². The molecule has 1 aliphatic carbocycles. The van der Waals surface area contributed by atoms with Crippen LogP contribution in [0.5, 0.6) is 0 Å². The van der Waals surface area contributed by atoms with Crippen LogP contribution >= 0.6 is 0 Å². The summed E-state index contributed by atoms with van der Waals surface area (Å²) in [5.74, 6) is 0. The minimum Gasteiger partial charge on any atom is -0.446 e. The Labute approximate surface area is 72.5 Å². The number of nitrogens with two attached hydrogens (primary N) is 1. The molecule has 70 valence electrons. The van der Waals surface area contributed by atoms with Gasteiger partial charge < -0.3 is 15.8 Å². The van der Waals surface area contributed by atoms with E-state index in [1.54, 1.807) is 0 Å². The van der Waals surface area contributed by atoms with Gasteiger partial charge in [0.2, 0.25) is 0 Å². The number of rotatable bonds is 2. The molecule has 0 saturated heterocycles. The van der Waals surface area contributed by atoms with E-state index >= 15 is 0 Å². The first-order chi connectivity index (χ1) is 5.72. The lowest BCUT2D eigenvalue weighted by atomic mass is 9.93. The molecule has 4 nitrogen and oxygen atoms in total. The van der Waals surface area contributed by atoms with E-state index in [0.717, 1.165) is 25.7 Å². The maximum atomic E-state index is 10.4. The molecular formula is C8H16N2O2. The highest BCUT2D eigenvalue weighted by molar-refractivity contribution is 5.64.